The molecule has 0 amide bonds. The van der Waals surface area contributed by atoms with E-state index in [1.807, 2.05) is 0 Å². The van der Waals surface area contributed by atoms with Crippen molar-refractivity contribution in [2.45, 2.75) is 19.5 Å². The second-order valence-corrected chi connectivity index (χ2v) is 3.85. The third kappa shape index (κ3) is 4.24. The van der Waals surface area contributed by atoms with Crippen molar-refractivity contribution >= 4 is 5.69 Å². The molecule has 1 rings (SSSR count). The Balaban J connectivity index is 3.05. The van der Waals surface area contributed by atoms with Gasteiger partial charge in [0, 0.05) is 12.2 Å². The summed E-state index contributed by atoms with van der Waals surface area (Å²) in [5, 5.41) is 8.67. The predicted molar refractivity (Wildman–Crippen MR) is 59.7 cm³/mol. The Labute approximate surface area is 102 Å². The molecule has 6 heteroatoms. The van der Waals surface area contributed by atoms with Crippen LogP contribution < -0.4 is 4.90 Å². The number of benzene rings is 1. The van der Waals surface area contributed by atoms with Crippen LogP contribution in [-0.4, -0.2) is 19.3 Å². The highest BCUT2D eigenvalue weighted by Gasteiger charge is 2.30. The van der Waals surface area contributed by atoms with Crippen LogP contribution in [0.25, 0.3) is 0 Å². The molecule has 98 valence electrons. The Morgan fingerprint density at radius 2 is 1.94 bits per heavy atom. The Morgan fingerprint density at radius 1 is 1.28 bits per heavy atom. The molecule has 0 N–H and O–H groups in total. The number of rotatable bonds is 4. The van der Waals surface area contributed by atoms with E-state index in [1.165, 1.54) is 6.07 Å². The van der Waals surface area contributed by atoms with Crippen molar-refractivity contribution in [1.29, 1.82) is 5.26 Å². The highest BCUT2D eigenvalue weighted by atomic mass is 19.4. The summed E-state index contributed by atoms with van der Waals surface area (Å²) in [7, 11) is 0. The van der Waals surface area contributed by atoms with Crippen LogP contribution in [0.15, 0.2) is 18.2 Å². The Hall–Kier alpha value is -1.77. The Morgan fingerprint density at radius 3 is 2.44 bits per heavy atom. The standard InChI is InChI=1S/C12H12F4N2/c1-2-3-18(8-12(14,15)16)11-5-9(7-17)4-10(13)6-11/h4-6H,2-3,8H2,1H3. The lowest BCUT2D eigenvalue weighted by molar-refractivity contribution is -0.119. The van der Waals surface area contributed by atoms with Crippen molar-refractivity contribution in [3.8, 4) is 6.07 Å². The van der Waals surface area contributed by atoms with E-state index < -0.39 is 18.5 Å². The van der Waals surface area contributed by atoms with E-state index >= 15 is 0 Å². The average Bonchev–Trinajstić information content (AvgIpc) is 2.26. The van der Waals surface area contributed by atoms with Gasteiger partial charge < -0.3 is 4.90 Å². The summed E-state index contributed by atoms with van der Waals surface area (Å²) in [5.41, 5.74) is 0.0824. The van der Waals surface area contributed by atoms with Gasteiger partial charge in [-0.3, -0.25) is 0 Å². The number of halogens is 4. The van der Waals surface area contributed by atoms with Crippen LogP contribution in [0.1, 0.15) is 18.9 Å². The van der Waals surface area contributed by atoms with E-state index in [0.29, 0.717) is 6.42 Å². The zero-order chi connectivity index (χ0) is 13.8. The third-order valence-corrected chi connectivity index (χ3v) is 2.24. The fraction of sp³-hybridized carbons (Fsp3) is 0.417. The summed E-state index contributed by atoms with van der Waals surface area (Å²) < 4.78 is 50.4. The van der Waals surface area contributed by atoms with Crippen LogP contribution in [0, 0.1) is 17.1 Å². The van der Waals surface area contributed by atoms with Gasteiger partial charge in [0.2, 0.25) is 0 Å². The summed E-state index contributed by atoms with van der Waals surface area (Å²) in [6, 6.07) is 4.96. The van der Waals surface area contributed by atoms with E-state index in [9.17, 15) is 17.6 Å². The monoisotopic (exact) mass is 260 g/mol. The fourth-order valence-corrected chi connectivity index (χ4v) is 1.61. The lowest BCUT2D eigenvalue weighted by atomic mass is 10.2. The summed E-state index contributed by atoms with van der Waals surface area (Å²) >= 11 is 0. The molecule has 0 aliphatic carbocycles. The van der Waals surface area contributed by atoms with E-state index in [-0.39, 0.29) is 17.8 Å². The summed E-state index contributed by atoms with van der Waals surface area (Å²) in [4.78, 5) is 1.02. The predicted octanol–water partition coefficient (Wildman–Crippen LogP) is 3.48. The zero-order valence-electron chi connectivity index (χ0n) is 9.76. The van der Waals surface area contributed by atoms with Crippen LogP contribution in [0.4, 0.5) is 23.2 Å². The number of anilines is 1. The largest absolute Gasteiger partial charge is 0.405 e. The van der Waals surface area contributed by atoms with Gasteiger partial charge in [0.15, 0.2) is 0 Å². The minimum absolute atomic E-state index is 0.00766. The number of nitriles is 1. The van der Waals surface area contributed by atoms with E-state index in [2.05, 4.69) is 0 Å². The van der Waals surface area contributed by atoms with Crippen molar-refractivity contribution in [3.05, 3.63) is 29.6 Å². The molecule has 0 aliphatic heterocycles. The maximum Gasteiger partial charge on any atom is 0.405 e. The first kappa shape index (κ1) is 14.3. The van der Waals surface area contributed by atoms with Gasteiger partial charge in [-0.1, -0.05) is 6.92 Å². The molecule has 2 nitrogen and oxygen atoms in total. The minimum Gasteiger partial charge on any atom is -0.362 e. The molecule has 0 heterocycles. The second-order valence-electron chi connectivity index (χ2n) is 3.85. The molecule has 0 spiro atoms. The van der Waals surface area contributed by atoms with E-state index in [1.54, 1.807) is 13.0 Å². The molecule has 0 atom stereocenters. The quantitative estimate of drug-likeness (QED) is 0.775. The molecule has 1 aromatic carbocycles. The van der Waals surface area contributed by atoms with Crippen molar-refractivity contribution < 1.29 is 17.6 Å². The molecule has 0 radical (unpaired) electrons. The van der Waals surface area contributed by atoms with Gasteiger partial charge in [0.25, 0.3) is 0 Å². The van der Waals surface area contributed by atoms with Crippen molar-refractivity contribution in [2.24, 2.45) is 0 Å². The third-order valence-electron chi connectivity index (χ3n) is 2.24. The normalized spacial score (nSPS) is 11.1. The molecule has 0 fully saturated rings. The fourth-order valence-electron chi connectivity index (χ4n) is 1.61. The molecule has 0 saturated heterocycles. The SMILES string of the molecule is CCCN(CC(F)(F)F)c1cc(F)cc(C#N)c1. The molecule has 1 aromatic rings. The van der Waals surface area contributed by atoms with Gasteiger partial charge in [0.05, 0.1) is 11.6 Å². The minimum atomic E-state index is -4.37. The molecule has 0 aromatic heterocycles. The average molecular weight is 260 g/mol. The lowest BCUT2D eigenvalue weighted by Gasteiger charge is -2.25. The molecule has 0 unspecified atom stereocenters. The number of alkyl halides is 3. The summed E-state index contributed by atoms with van der Waals surface area (Å²) in [6.07, 6.45) is -3.87. The second kappa shape index (κ2) is 5.71. The molecule has 18 heavy (non-hydrogen) atoms. The van der Waals surface area contributed by atoms with Gasteiger partial charge in [-0.05, 0) is 24.6 Å². The number of nitrogens with zero attached hydrogens (tertiary/aromatic N) is 2. The van der Waals surface area contributed by atoms with Crippen LogP contribution in [0.2, 0.25) is 0 Å². The van der Waals surface area contributed by atoms with Crippen molar-refractivity contribution in [2.75, 3.05) is 18.0 Å². The molecule has 0 bridgehead atoms. The Bertz CT molecular complexity index is 448. The van der Waals surface area contributed by atoms with Gasteiger partial charge in [-0.2, -0.15) is 18.4 Å². The van der Waals surface area contributed by atoms with Crippen LogP contribution in [0.3, 0.4) is 0 Å². The molecular weight excluding hydrogens is 248 g/mol. The maximum absolute atomic E-state index is 13.2. The highest BCUT2D eigenvalue weighted by molar-refractivity contribution is 5.52. The summed E-state index contributed by atoms with van der Waals surface area (Å²) in [6.45, 7) is 0.719. The Kier molecular flexibility index (Phi) is 4.54. The first-order chi connectivity index (χ1) is 8.35. The van der Waals surface area contributed by atoms with Crippen LogP contribution in [0.5, 0.6) is 0 Å². The number of hydrogen-bond donors (Lipinski definition) is 0. The molecular formula is C12H12F4N2. The first-order valence-corrected chi connectivity index (χ1v) is 5.38. The highest BCUT2D eigenvalue weighted by Crippen LogP contribution is 2.24. The van der Waals surface area contributed by atoms with Gasteiger partial charge >= 0.3 is 6.18 Å². The van der Waals surface area contributed by atoms with Crippen LogP contribution in [-0.2, 0) is 0 Å². The molecule has 0 aliphatic rings. The zero-order valence-corrected chi connectivity index (χ0v) is 9.76. The smallest absolute Gasteiger partial charge is 0.362 e. The van der Waals surface area contributed by atoms with E-state index in [4.69, 9.17) is 5.26 Å². The maximum atomic E-state index is 13.2. The summed E-state index contributed by atoms with van der Waals surface area (Å²) in [5.74, 6) is -0.715. The van der Waals surface area contributed by atoms with Gasteiger partial charge in [-0.15, -0.1) is 0 Å². The lowest BCUT2D eigenvalue weighted by Crippen LogP contribution is -2.34. The van der Waals surface area contributed by atoms with Crippen molar-refractivity contribution in [1.82, 2.24) is 0 Å². The topological polar surface area (TPSA) is 27.0 Å². The van der Waals surface area contributed by atoms with Crippen molar-refractivity contribution in [3.63, 3.8) is 0 Å². The van der Waals surface area contributed by atoms with Crippen LogP contribution >= 0.6 is 0 Å². The first-order valence-electron chi connectivity index (χ1n) is 5.38. The van der Waals surface area contributed by atoms with E-state index in [0.717, 1.165) is 17.0 Å². The number of hydrogen-bond acceptors (Lipinski definition) is 2. The van der Waals surface area contributed by atoms with Gasteiger partial charge in [-0.25, -0.2) is 4.39 Å². The molecule has 0 saturated carbocycles. The van der Waals surface area contributed by atoms with Gasteiger partial charge in [0.1, 0.15) is 12.4 Å².